The summed E-state index contributed by atoms with van der Waals surface area (Å²) in [4.78, 5) is 0. The molecule has 0 aromatic rings. The Labute approximate surface area is 110 Å². The van der Waals surface area contributed by atoms with Crippen molar-refractivity contribution in [1.82, 2.24) is 0 Å². The van der Waals surface area contributed by atoms with Crippen LogP contribution in [0, 0.1) is 0 Å². The van der Waals surface area contributed by atoms with E-state index in [-0.39, 0.29) is 111 Å². The second kappa shape index (κ2) is 490. The molecule has 76 valence electrons. The Bertz CT molecular complexity index is 15.6. The van der Waals surface area contributed by atoms with E-state index in [9.17, 15) is 0 Å². The Morgan fingerprint density at radius 3 is 0.273 bits per heavy atom. The third-order valence-electron chi connectivity index (χ3n) is 0. The second-order valence-electron chi connectivity index (χ2n) is 0. The SMILES string of the molecule is O.O.O.O.O.O.O.O.O.[H-].[H-].[Na+].[Na+]. The van der Waals surface area contributed by atoms with E-state index in [0.717, 1.165) is 0 Å². The van der Waals surface area contributed by atoms with E-state index in [0.29, 0.717) is 0 Å². The molecule has 0 aromatic carbocycles. The van der Waals surface area contributed by atoms with Crippen LogP contribution in [0.2, 0.25) is 0 Å². The smallest absolute Gasteiger partial charge is 1.00 e. The quantitative estimate of drug-likeness (QED) is 0.336. The monoisotopic (exact) mass is 210 g/mol. The Morgan fingerprint density at radius 2 is 0.273 bits per heavy atom. The molecular weight excluding hydrogens is 190 g/mol. The fraction of sp³-hybridized carbons (Fsp3) is 0. The molecule has 18 N–H and O–H groups in total. The van der Waals surface area contributed by atoms with E-state index in [4.69, 9.17) is 0 Å². The van der Waals surface area contributed by atoms with Crippen LogP contribution in [-0.2, 0) is 0 Å². The molecule has 0 aliphatic heterocycles. The van der Waals surface area contributed by atoms with Crippen molar-refractivity contribution >= 4 is 0 Å². The topological polar surface area (TPSA) is 284 Å². The van der Waals surface area contributed by atoms with E-state index in [1.54, 1.807) is 0 Å². The molecule has 0 bridgehead atoms. The molecule has 0 heterocycles. The van der Waals surface area contributed by atoms with Gasteiger partial charge >= 0.3 is 59.1 Å². The summed E-state index contributed by atoms with van der Waals surface area (Å²) in [5.74, 6) is 0. The third-order valence-corrected chi connectivity index (χ3v) is 0. The van der Waals surface area contributed by atoms with Crippen molar-refractivity contribution in [2.45, 2.75) is 0 Å². The summed E-state index contributed by atoms with van der Waals surface area (Å²) in [6.07, 6.45) is 0. The van der Waals surface area contributed by atoms with Gasteiger partial charge in [-0.15, -0.1) is 0 Å². The van der Waals surface area contributed by atoms with Crippen molar-refractivity contribution in [2.24, 2.45) is 0 Å². The maximum Gasteiger partial charge on any atom is 1.00 e. The van der Waals surface area contributed by atoms with E-state index < -0.39 is 0 Å². The summed E-state index contributed by atoms with van der Waals surface area (Å²) in [6.45, 7) is 0. The molecule has 11 heteroatoms. The van der Waals surface area contributed by atoms with E-state index in [2.05, 4.69) is 0 Å². The van der Waals surface area contributed by atoms with Gasteiger partial charge in [0.1, 0.15) is 0 Å². The summed E-state index contributed by atoms with van der Waals surface area (Å²) < 4.78 is 0. The van der Waals surface area contributed by atoms with Crippen LogP contribution in [0.5, 0.6) is 0 Å². The molecule has 0 atom stereocenters. The molecule has 0 spiro atoms. The van der Waals surface area contributed by atoms with Crippen molar-refractivity contribution in [2.75, 3.05) is 0 Å². The Hall–Kier alpha value is 1.64. The van der Waals surface area contributed by atoms with Gasteiger partial charge in [0.15, 0.2) is 0 Å². The van der Waals surface area contributed by atoms with E-state index in [1.165, 1.54) is 0 Å². The Kier molecular flexibility index (Phi) is 28400. The summed E-state index contributed by atoms with van der Waals surface area (Å²) in [6, 6.07) is 0. The van der Waals surface area contributed by atoms with Gasteiger partial charge < -0.3 is 52.1 Å². The van der Waals surface area contributed by atoms with Crippen molar-refractivity contribution in [3.8, 4) is 0 Å². The second-order valence-corrected chi connectivity index (χ2v) is 0. The van der Waals surface area contributed by atoms with Crippen LogP contribution in [0.25, 0.3) is 0 Å². The molecule has 0 amide bonds. The maximum absolute atomic E-state index is 0. The Balaban J connectivity index is 0. The fourth-order valence-electron chi connectivity index (χ4n) is 0. The van der Waals surface area contributed by atoms with Gasteiger partial charge in [-0.3, -0.25) is 0 Å². The van der Waals surface area contributed by atoms with Crippen LogP contribution in [0.4, 0.5) is 0 Å². The molecule has 0 radical (unpaired) electrons. The summed E-state index contributed by atoms with van der Waals surface area (Å²) in [7, 11) is 0. The van der Waals surface area contributed by atoms with Gasteiger partial charge in [0.05, 0.1) is 0 Å². The Morgan fingerprint density at radius 1 is 0.273 bits per heavy atom. The average molecular weight is 210 g/mol. The molecule has 0 aromatic heterocycles. The molecular formula is H20Na2O9. The molecule has 0 aliphatic rings. The molecule has 0 saturated heterocycles. The van der Waals surface area contributed by atoms with Crippen LogP contribution < -0.4 is 59.1 Å². The zero-order valence-corrected chi connectivity index (χ0v) is 10.5. The largest absolute Gasteiger partial charge is 1.00 e. The van der Waals surface area contributed by atoms with Gasteiger partial charge in [-0.1, -0.05) is 0 Å². The van der Waals surface area contributed by atoms with Crippen molar-refractivity contribution in [1.29, 1.82) is 0 Å². The minimum atomic E-state index is 0. The number of hydrogen-bond donors (Lipinski definition) is 0. The van der Waals surface area contributed by atoms with Crippen LogP contribution in [0.15, 0.2) is 0 Å². The van der Waals surface area contributed by atoms with Gasteiger partial charge in [0.25, 0.3) is 0 Å². The third kappa shape index (κ3) is 402. The molecule has 0 rings (SSSR count). The first-order valence-corrected chi connectivity index (χ1v) is 0. The van der Waals surface area contributed by atoms with Gasteiger partial charge in [-0.2, -0.15) is 0 Å². The predicted octanol–water partition coefficient (Wildman–Crippen LogP) is -13.2. The molecule has 0 aliphatic carbocycles. The predicted molar refractivity (Wildman–Crippen MR) is 34.7 cm³/mol. The summed E-state index contributed by atoms with van der Waals surface area (Å²) in [5.41, 5.74) is 0. The van der Waals surface area contributed by atoms with Crippen LogP contribution in [-0.4, -0.2) is 49.3 Å². The van der Waals surface area contributed by atoms with E-state index in [1.807, 2.05) is 0 Å². The summed E-state index contributed by atoms with van der Waals surface area (Å²) in [5, 5.41) is 0. The summed E-state index contributed by atoms with van der Waals surface area (Å²) >= 11 is 0. The van der Waals surface area contributed by atoms with Crippen LogP contribution >= 0.6 is 0 Å². The van der Waals surface area contributed by atoms with Gasteiger partial charge in [0, 0.05) is 0 Å². The minimum absolute atomic E-state index is 0. The minimum Gasteiger partial charge on any atom is -1.00 e. The first-order chi connectivity index (χ1) is 0. The molecule has 11 heavy (non-hydrogen) atoms. The van der Waals surface area contributed by atoms with E-state index >= 15 is 0 Å². The van der Waals surface area contributed by atoms with Crippen molar-refractivity contribution < 1.29 is 111 Å². The average Bonchev–Trinajstić information content (AvgIpc) is 0. The van der Waals surface area contributed by atoms with Gasteiger partial charge in [-0.25, -0.2) is 0 Å². The zero-order valence-electron chi connectivity index (χ0n) is 8.50. The normalized spacial score (nSPS) is 0. The van der Waals surface area contributed by atoms with Crippen LogP contribution in [0.3, 0.4) is 0 Å². The zero-order chi connectivity index (χ0) is 0. The first kappa shape index (κ1) is 637. The fourth-order valence-corrected chi connectivity index (χ4v) is 0. The molecule has 9 nitrogen and oxygen atoms in total. The number of rotatable bonds is 0. The molecule has 0 fully saturated rings. The van der Waals surface area contributed by atoms with Crippen molar-refractivity contribution in [3.63, 3.8) is 0 Å². The van der Waals surface area contributed by atoms with Crippen LogP contribution in [0.1, 0.15) is 2.85 Å². The van der Waals surface area contributed by atoms with Gasteiger partial charge in [-0.05, 0) is 0 Å². The first-order valence-electron chi connectivity index (χ1n) is 0. The standard InChI is InChI=1S/2Na.9H2O.2H/h;;9*1H2;;/q2*+1;;;;;;;;;;2*-1. The maximum atomic E-state index is 0. The molecule has 0 saturated carbocycles. The van der Waals surface area contributed by atoms with Crippen molar-refractivity contribution in [3.05, 3.63) is 0 Å². The van der Waals surface area contributed by atoms with Gasteiger partial charge in [0.2, 0.25) is 0 Å². The molecule has 0 unspecified atom stereocenters. The number of hydrogen-bond acceptors (Lipinski definition) is 0.